The van der Waals surface area contributed by atoms with Gasteiger partial charge in [0.05, 0.1) is 32.5 Å². The number of amides is 1. The molecule has 2 aliphatic rings. The largest absolute Gasteiger partial charge is 0.449 e. The number of benzene rings is 2. The lowest BCUT2D eigenvalue weighted by Gasteiger charge is -2.49. The Morgan fingerprint density at radius 1 is 1.18 bits per heavy atom. The van der Waals surface area contributed by atoms with Crippen LogP contribution in [0, 0.1) is 17.6 Å². The molecule has 28 heavy (non-hydrogen) atoms. The fraction of sp³-hybridized carbons (Fsp3) is 0.381. The van der Waals surface area contributed by atoms with Crippen molar-refractivity contribution in [3.63, 3.8) is 0 Å². The van der Waals surface area contributed by atoms with Crippen molar-refractivity contribution in [1.29, 1.82) is 0 Å². The number of hydrogen-bond acceptors (Lipinski definition) is 4. The zero-order valence-corrected chi connectivity index (χ0v) is 15.2. The minimum atomic E-state index is -1.08. The summed E-state index contributed by atoms with van der Waals surface area (Å²) in [5.74, 6) is -1.60. The number of fused-ring (bicyclic) bond motifs is 1. The first-order valence-corrected chi connectivity index (χ1v) is 9.20. The Morgan fingerprint density at radius 3 is 2.79 bits per heavy atom. The lowest BCUT2D eigenvalue weighted by molar-refractivity contribution is -0.127. The van der Waals surface area contributed by atoms with Gasteiger partial charge in [-0.2, -0.15) is 0 Å². The van der Waals surface area contributed by atoms with Crippen molar-refractivity contribution in [2.45, 2.75) is 24.7 Å². The average molecular weight is 389 g/mol. The smallest absolute Gasteiger partial charge is 0.407 e. The van der Waals surface area contributed by atoms with Crippen LogP contribution in [0.5, 0.6) is 0 Å². The summed E-state index contributed by atoms with van der Waals surface area (Å²) in [6, 6.07) is 13.2. The van der Waals surface area contributed by atoms with Crippen LogP contribution in [0.2, 0.25) is 0 Å². The number of hydrogen-bond donors (Lipinski definition) is 1. The predicted molar refractivity (Wildman–Crippen MR) is 96.5 cm³/mol. The van der Waals surface area contributed by atoms with Crippen LogP contribution in [-0.4, -0.2) is 32.0 Å². The summed E-state index contributed by atoms with van der Waals surface area (Å²) in [5.41, 5.74) is 0.191. The molecule has 0 saturated carbocycles. The molecule has 2 saturated heterocycles. The number of cyclic esters (lactones) is 1. The number of alkyl carbamates (subject to hydrolysis) is 1. The predicted octanol–water partition coefficient (Wildman–Crippen LogP) is 3.52. The van der Waals surface area contributed by atoms with Crippen LogP contribution in [0.1, 0.15) is 17.5 Å². The molecule has 1 amide bonds. The first kappa shape index (κ1) is 18.8. The van der Waals surface area contributed by atoms with E-state index in [4.69, 9.17) is 14.2 Å². The van der Waals surface area contributed by atoms with Crippen LogP contribution < -0.4 is 5.32 Å². The third kappa shape index (κ3) is 3.72. The number of nitrogens with one attached hydrogen (secondary N) is 1. The standard InChI is InChI=1S/C21H21F2NO4/c22-16-6-7-18(19(23)9-16)21-13-28-17(8-15(21)11-27-20(25)24-21)12-26-10-14-4-2-1-3-5-14/h1-7,9,15,17H,8,10-13H2,(H,24,25)/t15-,17+,21-/m0/s1. The van der Waals surface area contributed by atoms with Gasteiger partial charge in [-0.1, -0.05) is 36.4 Å². The van der Waals surface area contributed by atoms with Crippen molar-refractivity contribution >= 4 is 6.09 Å². The van der Waals surface area contributed by atoms with E-state index < -0.39 is 23.3 Å². The quantitative estimate of drug-likeness (QED) is 0.850. The second-order valence-electron chi connectivity index (χ2n) is 7.19. The Hall–Kier alpha value is -2.51. The lowest BCUT2D eigenvalue weighted by Crippen LogP contribution is -2.63. The van der Waals surface area contributed by atoms with E-state index in [-0.39, 0.29) is 30.8 Å². The molecule has 0 aromatic heterocycles. The summed E-state index contributed by atoms with van der Waals surface area (Å²) >= 11 is 0. The molecule has 1 N–H and O–H groups in total. The molecule has 148 valence electrons. The maximum atomic E-state index is 14.5. The van der Waals surface area contributed by atoms with Gasteiger partial charge in [-0.3, -0.25) is 0 Å². The maximum absolute atomic E-state index is 14.5. The molecule has 2 aromatic rings. The minimum absolute atomic E-state index is 0.0642. The molecule has 2 fully saturated rings. The van der Waals surface area contributed by atoms with Gasteiger partial charge in [-0.15, -0.1) is 0 Å². The van der Waals surface area contributed by atoms with Crippen LogP contribution in [0.25, 0.3) is 0 Å². The second-order valence-corrected chi connectivity index (χ2v) is 7.19. The van der Waals surface area contributed by atoms with E-state index in [0.29, 0.717) is 19.6 Å². The first-order valence-electron chi connectivity index (χ1n) is 9.20. The fourth-order valence-electron chi connectivity index (χ4n) is 3.91. The third-order valence-electron chi connectivity index (χ3n) is 5.36. The summed E-state index contributed by atoms with van der Waals surface area (Å²) < 4.78 is 44.7. The summed E-state index contributed by atoms with van der Waals surface area (Å²) in [6.07, 6.45) is -0.322. The van der Waals surface area contributed by atoms with E-state index in [9.17, 15) is 13.6 Å². The van der Waals surface area contributed by atoms with Crippen LogP contribution in [0.15, 0.2) is 48.5 Å². The van der Waals surface area contributed by atoms with Gasteiger partial charge in [0.25, 0.3) is 0 Å². The van der Waals surface area contributed by atoms with Gasteiger partial charge in [-0.05, 0) is 18.1 Å². The lowest BCUT2D eigenvalue weighted by atomic mass is 9.73. The van der Waals surface area contributed by atoms with Gasteiger partial charge in [0, 0.05) is 17.5 Å². The highest BCUT2D eigenvalue weighted by Crippen LogP contribution is 2.41. The minimum Gasteiger partial charge on any atom is -0.449 e. The second kappa shape index (κ2) is 7.85. The highest BCUT2D eigenvalue weighted by molar-refractivity contribution is 5.70. The molecule has 7 heteroatoms. The first-order chi connectivity index (χ1) is 13.6. The average Bonchev–Trinajstić information content (AvgIpc) is 2.69. The van der Waals surface area contributed by atoms with Gasteiger partial charge in [0.15, 0.2) is 0 Å². The fourth-order valence-corrected chi connectivity index (χ4v) is 3.91. The summed E-state index contributed by atoms with van der Waals surface area (Å²) in [5, 5.41) is 2.72. The molecule has 5 nitrogen and oxygen atoms in total. The summed E-state index contributed by atoms with van der Waals surface area (Å²) in [4.78, 5) is 11.9. The Morgan fingerprint density at radius 2 is 2.00 bits per heavy atom. The molecule has 0 aliphatic carbocycles. The summed E-state index contributed by atoms with van der Waals surface area (Å²) in [6.45, 7) is 1.05. The molecular weight excluding hydrogens is 368 g/mol. The summed E-state index contributed by atoms with van der Waals surface area (Å²) in [7, 11) is 0. The number of carbonyl (C=O) groups excluding carboxylic acids is 1. The van der Waals surface area contributed by atoms with Crippen molar-refractivity contribution in [2.24, 2.45) is 5.92 Å². The van der Waals surface area contributed by atoms with Gasteiger partial charge < -0.3 is 19.5 Å². The molecule has 0 unspecified atom stereocenters. The number of carbonyl (C=O) groups is 1. The number of ether oxygens (including phenoxy) is 3. The van der Waals surface area contributed by atoms with Crippen molar-refractivity contribution in [3.8, 4) is 0 Å². The van der Waals surface area contributed by atoms with Crippen molar-refractivity contribution in [3.05, 3.63) is 71.3 Å². The SMILES string of the molecule is O=C1N[C@@]2(c3ccc(F)cc3F)CO[C@@H](COCc3ccccc3)C[C@H]2CO1. The maximum Gasteiger partial charge on any atom is 0.407 e. The van der Waals surface area contributed by atoms with Crippen LogP contribution in [0.3, 0.4) is 0 Å². The Labute approximate surface area is 161 Å². The highest BCUT2D eigenvalue weighted by Gasteiger charge is 2.51. The molecule has 0 spiro atoms. The topological polar surface area (TPSA) is 56.8 Å². The van der Waals surface area contributed by atoms with E-state index in [1.165, 1.54) is 12.1 Å². The highest BCUT2D eigenvalue weighted by atomic mass is 19.1. The normalized spacial score (nSPS) is 26.9. The monoisotopic (exact) mass is 389 g/mol. The molecule has 4 rings (SSSR count). The molecule has 2 aromatic carbocycles. The number of rotatable bonds is 5. The van der Waals surface area contributed by atoms with Crippen molar-refractivity contribution in [2.75, 3.05) is 19.8 Å². The Bertz CT molecular complexity index is 848. The van der Waals surface area contributed by atoms with Gasteiger partial charge >= 0.3 is 6.09 Å². The Kier molecular flexibility index (Phi) is 5.28. The zero-order valence-electron chi connectivity index (χ0n) is 15.2. The number of halogens is 2. The molecule has 0 bridgehead atoms. The van der Waals surface area contributed by atoms with Gasteiger partial charge in [0.2, 0.25) is 0 Å². The van der Waals surface area contributed by atoms with Crippen LogP contribution in [0.4, 0.5) is 13.6 Å². The van der Waals surface area contributed by atoms with E-state index in [2.05, 4.69) is 5.32 Å². The molecule has 0 radical (unpaired) electrons. The van der Waals surface area contributed by atoms with Crippen LogP contribution in [-0.2, 0) is 26.4 Å². The Balaban J connectivity index is 1.46. The van der Waals surface area contributed by atoms with Gasteiger partial charge in [0.1, 0.15) is 17.2 Å². The van der Waals surface area contributed by atoms with Crippen molar-refractivity contribution in [1.82, 2.24) is 5.32 Å². The molecule has 2 heterocycles. The third-order valence-corrected chi connectivity index (χ3v) is 5.36. The molecule has 2 aliphatic heterocycles. The van der Waals surface area contributed by atoms with E-state index >= 15 is 0 Å². The van der Waals surface area contributed by atoms with E-state index in [1.807, 2.05) is 30.3 Å². The molecular formula is C21H21F2NO4. The van der Waals surface area contributed by atoms with E-state index in [0.717, 1.165) is 11.6 Å². The van der Waals surface area contributed by atoms with E-state index in [1.54, 1.807) is 0 Å². The van der Waals surface area contributed by atoms with Crippen LogP contribution >= 0.6 is 0 Å². The van der Waals surface area contributed by atoms with Gasteiger partial charge in [-0.25, -0.2) is 13.6 Å². The zero-order chi connectivity index (χ0) is 19.6. The molecule has 3 atom stereocenters. The van der Waals surface area contributed by atoms with Crippen molar-refractivity contribution < 1.29 is 27.8 Å².